The van der Waals surface area contributed by atoms with Crippen molar-refractivity contribution in [1.29, 1.82) is 0 Å². The Kier molecular flexibility index (Phi) is 6.41. The average molecular weight is 470 g/mol. The minimum Gasteiger partial charge on any atom is -0.497 e. The number of benzene rings is 3. The van der Waals surface area contributed by atoms with Gasteiger partial charge in [-0.2, -0.15) is 5.10 Å². The molecular formula is C26H22N4O5. The summed E-state index contributed by atoms with van der Waals surface area (Å²) in [6.45, 7) is 3.56. The van der Waals surface area contributed by atoms with Crippen LogP contribution in [0.3, 0.4) is 0 Å². The van der Waals surface area contributed by atoms with E-state index in [2.05, 4.69) is 10.4 Å². The highest BCUT2D eigenvalue weighted by molar-refractivity contribution is 6.06. The predicted molar refractivity (Wildman–Crippen MR) is 132 cm³/mol. The summed E-state index contributed by atoms with van der Waals surface area (Å²) in [6.07, 6.45) is 0. The van der Waals surface area contributed by atoms with Crippen molar-refractivity contribution in [2.24, 2.45) is 0 Å². The van der Waals surface area contributed by atoms with E-state index in [0.29, 0.717) is 17.0 Å². The molecule has 0 aliphatic heterocycles. The highest BCUT2D eigenvalue weighted by atomic mass is 16.6. The number of nitro benzene ring substituents is 1. The van der Waals surface area contributed by atoms with E-state index in [1.807, 2.05) is 31.2 Å². The molecule has 0 saturated carbocycles. The molecule has 35 heavy (non-hydrogen) atoms. The lowest BCUT2D eigenvalue weighted by Crippen LogP contribution is -2.25. The van der Waals surface area contributed by atoms with Crippen LogP contribution >= 0.6 is 0 Å². The molecule has 0 aliphatic rings. The monoisotopic (exact) mass is 470 g/mol. The Balaban J connectivity index is 1.92. The van der Waals surface area contributed by atoms with E-state index in [9.17, 15) is 19.7 Å². The summed E-state index contributed by atoms with van der Waals surface area (Å²) in [5, 5.41) is 18.2. The lowest BCUT2D eigenvalue weighted by molar-refractivity contribution is -0.384. The number of ether oxygens (including phenoxy) is 1. The number of hydrogen-bond donors (Lipinski definition) is 1. The molecule has 0 radical (unpaired) electrons. The number of aryl methyl sites for hydroxylation is 2. The van der Waals surface area contributed by atoms with Crippen LogP contribution in [0.25, 0.3) is 16.8 Å². The normalized spacial score (nSPS) is 10.6. The van der Waals surface area contributed by atoms with Crippen LogP contribution in [0.4, 0.5) is 11.5 Å². The van der Waals surface area contributed by atoms with Gasteiger partial charge in [0, 0.05) is 17.7 Å². The molecule has 0 aliphatic carbocycles. The van der Waals surface area contributed by atoms with Gasteiger partial charge in [0.1, 0.15) is 17.3 Å². The van der Waals surface area contributed by atoms with Crippen LogP contribution in [-0.2, 0) is 0 Å². The zero-order chi connectivity index (χ0) is 25.1. The van der Waals surface area contributed by atoms with Gasteiger partial charge in [-0.05, 0) is 55.8 Å². The first-order valence-electron chi connectivity index (χ1n) is 10.7. The molecule has 9 nitrogen and oxygen atoms in total. The first kappa shape index (κ1) is 23.4. The van der Waals surface area contributed by atoms with Gasteiger partial charge in [-0.3, -0.25) is 19.7 Å². The highest BCUT2D eigenvalue weighted by Gasteiger charge is 2.21. The molecule has 0 spiro atoms. The van der Waals surface area contributed by atoms with E-state index in [4.69, 9.17) is 4.74 Å². The number of anilines is 1. The maximum atomic E-state index is 13.3. The molecule has 1 heterocycles. The van der Waals surface area contributed by atoms with Crippen LogP contribution in [0.5, 0.6) is 5.75 Å². The molecule has 3 aromatic carbocycles. The van der Waals surface area contributed by atoms with Crippen molar-refractivity contribution >= 4 is 17.4 Å². The van der Waals surface area contributed by atoms with Gasteiger partial charge >= 0.3 is 0 Å². The number of nitrogens with one attached hydrogen (secondary N) is 1. The number of amides is 1. The second kappa shape index (κ2) is 9.60. The Labute approximate surface area is 200 Å². The van der Waals surface area contributed by atoms with E-state index in [1.165, 1.54) is 36.1 Å². The third kappa shape index (κ3) is 4.79. The highest BCUT2D eigenvalue weighted by Crippen LogP contribution is 2.30. The predicted octanol–water partition coefficient (Wildman–Crippen LogP) is 4.69. The second-order valence-electron chi connectivity index (χ2n) is 7.88. The number of nitro groups is 1. The van der Waals surface area contributed by atoms with Gasteiger partial charge in [0.25, 0.3) is 11.6 Å². The maximum absolute atomic E-state index is 13.3. The standard InChI is InChI=1S/C26H22N4O5/c1-16-7-11-20(12-8-16)29-25(27-26(32)18-9-13-21(14-10-18)30(33)34)23(24(31)17(2)28-29)19-5-4-6-22(15-19)35-3/h4-15H,1-3H3,(H,27,32). The Bertz CT molecular complexity index is 1480. The summed E-state index contributed by atoms with van der Waals surface area (Å²) in [6, 6.07) is 19.6. The number of methoxy groups -OCH3 is 1. The van der Waals surface area contributed by atoms with Gasteiger partial charge < -0.3 is 10.1 Å². The number of non-ortho nitro benzene ring substituents is 1. The molecule has 0 unspecified atom stereocenters. The summed E-state index contributed by atoms with van der Waals surface area (Å²) in [7, 11) is 1.53. The molecule has 176 valence electrons. The second-order valence-corrected chi connectivity index (χ2v) is 7.88. The summed E-state index contributed by atoms with van der Waals surface area (Å²) < 4.78 is 6.84. The third-order valence-electron chi connectivity index (χ3n) is 5.46. The number of hydrogen-bond acceptors (Lipinski definition) is 6. The molecule has 9 heteroatoms. The fourth-order valence-corrected chi connectivity index (χ4v) is 3.59. The van der Waals surface area contributed by atoms with Gasteiger partial charge in [0.15, 0.2) is 0 Å². The summed E-state index contributed by atoms with van der Waals surface area (Å²) >= 11 is 0. The summed E-state index contributed by atoms with van der Waals surface area (Å²) in [4.78, 5) is 36.9. The van der Waals surface area contributed by atoms with Gasteiger partial charge in [-0.15, -0.1) is 0 Å². The minimum absolute atomic E-state index is 0.132. The van der Waals surface area contributed by atoms with Crippen LogP contribution in [0.15, 0.2) is 77.6 Å². The first-order valence-corrected chi connectivity index (χ1v) is 10.7. The van der Waals surface area contributed by atoms with E-state index < -0.39 is 10.8 Å². The van der Waals surface area contributed by atoms with E-state index in [1.54, 1.807) is 31.2 Å². The van der Waals surface area contributed by atoms with Crippen LogP contribution < -0.4 is 15.5 Å². The number of aromatic nitrogens is 2. The Morgan fingerprint density at radius 2 is 1.71 bits per heavy atom. The zero-order valence-corrected chi connectivity index (χ0v) is 19.3. The van der Waals surface area contributed by atoms with Gasteiger partial charge in [0.2, 0.25) is 5.43 Å². The summed E-state index contributed by atoms with van der Waals surface area (Å²) in [5.74, 6) is 0.168. The molecule has 0 bridgehead atoms. The Morgan fingerprint density at radius 1 is 1.03 bits per heavy atom. The van der Waals surface area contributed by atoms with Crippen LogP contribution in [0, 0.1) is 24.0 Å². The molecule has 4 aromatic rings. The molecule has 4 rings (SSSR count). The lowest BCUT2D eigenvalue weighted by Gasteiger charge is -2.19. The molecule has 0 fully saturated rings. The largest absolute Gasteiger partial charge is 0.497 e. The first-order chi connectivity index (χ1) is 16.8. The molecule has 0 saturated heterocycles. The van der Waals surface area contributed by atoms with Gasteiger partial charge in [-0.25, -0.2) is 4.68 Å². The number of rotatable bonds is 6. The molecule has 1 N–H and O–H groups in total. The van der Waals surface area contributed by atoms with Crippen molar-refractivity contribution in [3.05, 3.63) is 110 Å². The Hall–Kier alpha value is -4.79. The molecule has 1 aromatic heterocycles. The fraction of sp³-hybridized carbons (Fsp3) is 0.115. The van der Waals surface area contributed by atoms with Crippen molar-refractivity contribution in [3.63, 3.8) is 0 Å². The third-order valence-corrected chi connectivity index (χ3v) is 5.46. The minimum atomic E-state index is -0.546. The number of carbonyl (C=O) groups is 1. The molecular weight excluding hydrogens is 448 g/mol. The van der Waals surface area contributed by atoms with E-state index >= 15 is 0 Å². The van der Waals surface area contributed by atoms with Crippen LogP contribution in [-0.4, -0.2) is 27.7 Å². The summed E-state index contributed by atoms with van der Waals surface area (Å²) in [5.41, 5.74) is 2.42. The fourth-order valence-electron chi connectivity index (χ4n) is 3.59. The van der Waals surface area contributed by atoms with Crippen molar-refractivity contribution in [2.45, 2.75) is 13.8 Å². The Morgan fingerprint density at radius 3 is 2.34 bits per heavy atom. The zero-order valence-electron chi connectivity index (χ0n) is 19.3. The topological polar surface area (TPSA) is 116 Å². The van der Waals surface area contributed by atoms with Crippen LogP contribution in [0.2, 0.25) is 0 Å². The van der Waals surface area contributed by atoms with Crippen molar-refractivity contribution in [3.8, 4) is 22.6 Å². The number of nitrogens with zero attached hydrogens (tertiary/aromatic N) is 3. The maximum Gasteiger partial charge on any atom is 0.269 e. The quantitative estimate of drug-likeness (QED) is 0.323. The van der Waals surface area contributed by atoms with E-state index in [-0.39, 0.29) is 33.8 Å². The van der Waals surface area contributed by atoms with Gasteiger partial charge in [-0.1, -0.05) is 29.8 Å². The lowest BCUT2D eigenvalue weighted by atomic mass is 10.0. The molecule has 0 atom stereocenters. The van der Waals surface area contributed by atoms with E-state index in [0.717, 1.165) is 5.56 Å². The smallest absolute Gasteiger partial charge is 0.269 e. The average Bonchev–Trinajstić information content (AvgIpc) is 2.87. The van der Waals surface area contributed by atoms with Crippen molar-refractivity contribution < 1.29 is 14.5 Å². The van der Waals surface area contributed by atoms with Gasteiger partial charge in [0.05, 0.1) is 23.3 Å². The van der Waals surface area contributed by atoms with Crippen LogP contribution in [0.1, 0.15) is 21.6 Å². The SMILES string of the molecule is COc1cccc(-c2c(NC(=O)c3ccc([N+](=O)[O-])cc3)n(-c3ccc(C)cc3)nc(C)c2=O)c1. The van der Waals surface area contributed by atoms with Crippen molar-refractivity contribution in [2.75, 3.05) is 12.4 Å². The number of carbonyl (C=O) groups excluding carboxylic acids is 1. The molecule has 1 amide bonds. The van der Waals surface area contributed by atoms with Crippen molar-refractivity contribution in [1.82, 2.24) is 9.78 Å².